The van der Waals surface area contributed by atoms with Crippen LogP contribution >= 0.6 is 0 Å². The molecule has 0 spiro atoms. The van der Waals surface area contributed by atoms with Gasteiger partial charge in [-0.05, 0) is 31.0 Å². The van der Waals surface area contributed by atoms with Crippen molar-refractivity contribution in [3.05, 3.63) is 23.8 Å². The number of imidazole rings is 1. The van der Waals surface area contributed by atoms with Crippen LogP contribution in [0.3, 0.4) is 0 Å². The first kappa shape index (κ1) is 12.4. The van der Waals surface area contributed by atoms with E-state index < -0.39 is 5.97 Å². The Morgan fingerprint density at radius 3 is 2.94 bits per heavy atom. The minimum absolute atomic E-state index is 0.0778. The van der Waals surface area contributed by atoms with Gasteiger partial charge in [0.25, 0.3) is 0 Å². The number of anilines is 1. The van der Waals surface area contributed by atoms with E-state index in [0.29, 0.717) is 5.95 Å². The summed E-state index contributed by atoms with van der Waals surface area (Å²) in [6.45, 7) is 4.75. The van der Waals surface area contributed by atoms with Crippen molar-refractivity contribution in [2.24, 2.45) is 0 Å². The second-order valence-electron chi connectivity index (χ2n) is 4.33. The summed E-state index contributed by atoms with van der Waals surface area (Å²) >= 11 is 0. The lowest BCUT2D eigenvalue weighted by atomic mass is 10.2. The molecule has 0 unspecified atom stereocenters. The van der Waals surface area contributed by atoms with Gasteiger partial charge in [-0.25, -0.2) is 4.98 Å². The molecule has 2 aromatic rings. The van der Waals surface area contributed by atoms with Crippen molar-refractivity contribution in [1.29, 1.82) is 0 Å². The molecule has 1 aromatic heterocycles. The van der Waals surface area contributed by atoms with Gasteiger partial charge in [-0.3, -0.25) is 9.36 Å². The van der Waals surface area contributed by atoms with Crippen molar-refractivity contribution in [1.82, 2.24) is 9.55 Å². The molecule has 0 amide bonds. The molecule has 0 saturated carbocycles. The Labute approximate surface area is 105 Å². The zero-order valence-electron chi connectivity index (χ0n) is 10.6. The lowest BCUT2D eigenvalue weighted by molar-refractivity contribution is -0.137. The van der Waals surface area contributed by atoms with Gasteiger partial charge in [0.15, 0.2) is 0 Å². The molecule has 1 aromatic carbocycles. The first-order valence-electron chi connectivity index (χ1n) is 6.04. The molecular weight excluding hydrogens is 230 g/mol. The Bertz CT molecular complexity index is 575. The molecule has 0 bridgehead atoms. The van der Waals surface area contributed by atoms with Gasteiger partial charge in [-0.1, -0.05) is 13.0 Å². The van der Waals surface area contributed by atoms with Crippen molar-refractivity contribution >= 4 is 23.0 Å². The van der Waals surface area contributed by atoms with E-state index in [4.69, 9.17) is 5.11 Å². The van der Waals surface area contributed by atoms with Crippen molar-refractivity contribution < 1.29 is 9.90 Å². The number of aliphatic carboxylic acids is 1. The first-order chi connectivity index (χ1) is 8.61. The zero-order valence-corrected chi connectivity index (χ0v) is 10.6. The van der Waals surface area contributed by atoms with Crippen LogP contribution in [-0.2, 0) is 11.3 Å². The van der Waals surface area contributed by atoms with Crippen molar-refractivity contribution in [2.45, 2.75) is 26.8 Å². The van der Waals surface area contributed by atoms with Gasteiger partial charge in [0, 0.05) is 6.54 Å². The molecule has 2 rings (SSSR count). The number of nitrogens with zero attached hydrogens (tertiary/aromatic N) is 2. The van der Waals surface area contributed by atoms with E-state index in [1.165, 1.54) is 0 Å². The summed E-state index contributed by atoms with van der Waals surface area (Å²) in [6.07, 6.45) is 0.968. The van der Waals surface area contributed by atoms with Crippen molar-refractivity contribution in [3.63, 3.8) is 0 Å². The zero-order chi connectivity index (χ0) is 13.1. The molecule has 1 heterocycles. The lowest BCUT2D eigenvalue weighted by Gasteiger charge is -2.07. The normalized spacial score (nSPS) is 10.8. The van der Waals surface area contributed by atoms with Gasteiger partial charge in [-0.15, -0.1) is 0 Å². The molecule has 0 atom stereocenters. The molecule has 0 saturated heterocycles. The maximum atomic E-state index is 10.9. The van der Waals surface area contributed by atoms with Gasteiger partial charge in [0.2, 0.25) is 5.95 Å². The SMILES string of the molecule is CCCNc1nc2cc(C)ccc2n1CC(=O)O. The molecule has 5 nitrogen and oxygen atoms in total. The van der Waals surface area contributed by atoms with Crippen LogP contribution in [-0.4, -0.2) is 27.2 Å². The fourth-order valence-electron chi connectivity index (χ4n) is 1.91. The average Bonchev–Trinajstić information content (AvgIpc) is 2.63. The van der Waals surface area contributed by atoms with Gasteiger partial charge >= 0.3 is 5.97 Å². The highest BCUT2D eigenvalue weighted by Crippen LogP contribution is 2.20. The molecule has 2 N–H and O–H groups in total. The number of carbonyl (C=O) groups is 1. The van der Waals surface area contributed by atoms with Crippen LogP contribution in [0.2, 0.25) is 0 Å². The third-order valence-corrected chi connectivity index (χ3v) is 2.73. The molecule has 0 aliphatic carbocycles. The number of aryl methyl sites for hydroxylation is 1. The standard InChI is InChI=1S/C13H17N3O2/c1-3-6-14-13-15-10-7-9(2)4-5-11(10)16(13)8-12(17)18/h4-5,7H,3,6,8H2,1-2H3,(H,14,15)(H,17,18). The van der Waals surface area contributed by atoms with Crippen LogP contribution in [0.4, 0.5) is 5.95 Å². The van der Waals surface area contributed by atoms with Crippen LogP contribution in [0.25, 0.3) is 11.0 Å². The predicted molar refractivity (Wildman–Crippen MR) is 70.9 cm³/mol. The number of benzene rings is 1. The number of nitrogens with one attached hydrogen (secondary N) is 1. The van der Waals surface area contributed by atoms with Crippen LogP contribution in [0.5, 0.6) is 0 Å². The highest BCUT2D eigenvalue weighted by molar-refractivity contribution is 5.81. The highest BCUT2D eigenvalue weighted by atomic mass is 16.4. The van der Waals surface area contributed by atoms with Crippen LogP contribution in [0.15, 0.2) is 18.2 Å². The minimum atomic E-state index is -0.866. The number of hydrogen-bond donors (Lipinski definition) is 2. The topological polar surface area (TPSA) is 67.2 Å². The van der Waals surface area contributed by atoms with Crippen molar-refractivity contribution in [2.75, 3.05) is 11.9 Å². The second-order valence-corrected chi connectivity index (χ2v) is 4.33. The summed E-state index contributed by atoms with van der Waals surface area (Å²) in [6, 6.07) is 5.84. The third-order valence-electron chi connectivity index (χ3n) is 2.73. The molecule has 0 radical (unpaired) electrons. The minimum Gasteiger partial charge on any atom is -0.480 e. The third kappa shape index (κ3) is 2.45. The number of carboxylic acid groups (broad SMARTS) is 1. The second kappa shape index (κ2) is 5.08. The summed E-state index contributed by atoms with van der Waals surface area (Å²) in [5, 5.41) is 12.1. The molecule has 0 fully saturated rings. The van der Waals surface area contributed by atoms with Crippen molar-refractivity contribution in [3.8, 4) is 0 Å². The Morgan fingerprint density at radius 1 is 1.50 bits per heavy atom. The Balaban J connectivity index is 2.49. The molecule has 0 aliphatic heterocycles. The maximum Gasteiger partial charge on any atom is 0.323 e. The van der Waals surface area contributed by atoms with E-state index in [1.807, 2.05) is 25.1 Å². The monoisotopic (exact) mass is 247 g/mol. The largest absolute Gasteiger partial charge is 0.480 e. The fraction of sp³-hybridized carbons (Fsp3) is 0.385. The lowest BCUT2D eigenvalue weighted by Crippen LogP contribution is -2.13. The highest BCUT2D eigenvalue weighted by Gasteiger charge is 2.12. The average molecular weight is 247 g/mol. The van der Waals surface area contributed by atoms with Gasteiger partial charge in [0.1, 0.15) is 6.54 Å². The van der Waals surface area contributed by atoms with Gasteiger partial charge in [-0.2, -0.15) is 0 Å². The summed E-state index contributed by atoms with van der Waals surface area (Å²) in [5.74, 6) is -0.241. The summed E-state index contributed by atoms with van der Waals surface area (Å²) in [4.78, 5) is 15.4. The molecule has 5 heteroatoms. The van der Waals surface area contributed by atoms with E-state index in [2.05, 4.69) is 17.2 Å². The fourth-order valence-corrected chi connectivity index (χ4v) is 1.91. The number of fused-ring (bicyclic) bond motifs is 1. The Morgan fingerprint density at radius 2 is 2.28 bits per heavy atom. The maximum absolute atomic E-state index is 10.9. The quantitative estimate of drug-likeness (QED) is 0.850. The van der Waals surface area contributed by atoms with E-state index in [0.717, 1.165) is 29.6 Å². The number of aromatic nitrogens is 2. The summed E-state index contributed by atoms with van der Waals surface area (Å²) in [5.41, 5.74) is 2.79. The Kier molecular flexibility index (Phi) is 3.50. The summed E-state index contributed by atoms with van der Waals surface area (Å²) in [7, 11) is 0. The van der Waals surface area contributed by atoms with Crippen LogP contribution < -0.4 is 5.32 Å². The van der Waals surface area contributed by atoms with Gasteiger partial charge < -0.3 is 10.4 Å². The molecule has 96 valence electrons. The van der Waals surface area contributed by atoms with Gasteiger partial charge in [0.05, 0.1) is 11.0 Å². The van der Waals surface area contributed by atoms with E-state index in [-0.39, 0.29) is 6.54 Å². The smallest absolute Gasteiger partial charge is 0.323 e. The van der Waals surface area contributed by atoms with Crippen LogP contribution in [0.1, 0.15) is 18.9 Å². The first-order valence-corrected chi connectivity index (χ1v) is 6.04. The van der Waals surface area contributed by atoms with E-state index in [9.17, 15) is 4.79 Å². The molecule has 18 heavy (non-hydrogen) atoms. The number of rotatable bonds is 5. The Hall–Kier alpha value is -2.04. The number of hydrogen-bond acceptors (Lipinski definition) is 3. The van der Waals surface area contributed by atoms with E-state index in [1.54, 1.807) is 4.57 Å². The molecule has 0 aliphatic rings. The predicted octanol–water partition coefficient (Wildman–Crippen LogP) is 2.25. The van der Waals surface area contributed by atoms with Crippen LogP contribution in [0, 0.1) is 6.92 Å². The summed E-state index contributed by atoms with van der Waals surface area (Å²) < 4.78 is 1.70. The number of carboxylic acids is 1. The van der Waals surface area contributed by atoms with E-state index >= 15 is 0 Å². The molecular formula is C13H17N3O2.